The fourth-order valence-corrected chi connectivity index (χ4v) is 4.83. The molecule has 0 aliphatic carbocycles. The van der Waals surface area contributed by atoms with E-state index in [9.17, 15) is 19.4 Å². The maximum absolute atomic E-state index is 13.4. The first-order valence-electron chi connectivity index (χ1n) is 12.1. The van der Waals surface area contributed by atoms with Gasteiger partial charge in [0.25, 0.3) is 0 Å². The molecule has 1 atom stereocenters. The molecule has 36 heavy (non-hydrogen) atoms. The summed E-state index contributed by atoms with van der Waals surface area (Å²) in [6.07, 6.45) is 0.166. The molecule has 5 rings (SSSR count). The zero-order valence-electron chi connectivity index (χ0n) is 20.6. The minimum atomic E-state index is -1.71. The topological polar surface area (TPSA) is 91.0 Å². The third-order valence-corrected chi connectivity index (χ3v) is 7.06. The molecule has 0 unspecified atom stereocenters. The Balaban J connectivity index is 1.64. The number of piperidine rings is 1. The van der Waals surface area contributed by atoms with Gasteiger partial charge in [0.15, 0.2) is 11.8 Å². The van der Waals surface area contributed by atoms with Gasteiger partial charge >= 0.3 is 5.97 Å². The smallest absolute Gasteiger partial charge is 0.337 e. The van der Waals surface area contributed by atoms with Crippen LogP contribution in [-0.4, -0.2) is 43.9 Å². The van der Waals surface area contributed by atoms with Crippen LogP contribution in [0.5, 0.6) is 0 Å². The number of hydrogen-bond donors (Lipinski definition) is 2. The highest BCUT2D eigenvalue weighted by Crippen LogP contribution is 2.37. The van der Waals surface area contributed by atoms with E-state index in [0.29, 0.717) is 22.9 Å². The highest BCUT2D eigenvalue weighted by molar-refractivity contribution is 5.79. The van der Waals surface area contributed by atoms with Gasteiger partial charge < -0.3 is 15.1 Å². The predicted molar refractivity (Wildman–Crippen MR) is 136 cm³/mol. The van der Waals surface area contributed by atoms with Crippen LogP contribution in [0.2, 0.25) is 0 Å². The van der Waals surface area contributed by atoms with Crippen LogP contribution in [0.3, 0.4) is 0 Å². The van der Waals surface area contributed by atoms with Crippen LogP contribution in [0, 0.1) is 18.2 Å². The van der Waals surface area contributed by atoms with Crippen LogP contribution in [0.1, 0.15) is 44.1 Å². The quantitative estimate of drug-likeness (QED) is 0.399. The Bertz CT molecular complexity index is 1440. The van der Waals surface area contributed by atoms with Crippen molar-refractivity contribution >= 4 is 17.4 Å². The molecule has 0 bridgehead atoms. The number of hydrogen-bond acceptors (Lipinski definition) is 5. The van der Waals surface area contributed by atoms with E-state index in [4.69, 9.17) is 5.10 Å². The fraction of sp³-hybridized carbons (Fsp3) is 0.321. The molecule has 0 spiro atoms. The first kappa shape index (κ1) is 23.9. The van der Waals surface area contributed by atoms with E-state index in [1.165, 1.54) is 12.1 Å². The van der Waals surface area contributed by atoms with E-state index in [1.54, 1.807) is 23.6 Å². The molecule has 8 heteroatoms. The van der Waals surface area contributed by atoms with Gasteiger partial charge in [0.05, 0.1) is 11.3 Å². The molecular weight excluding hydrogens is 459 g/mol. The number of fused-ring (bicyclic) bond motifs is 1. The number of aliphatic hydroxyl groups is 1. The summed E-state index contributed by atoms with van der Waals surface area (Å²) in [7, 11) is 0. The Morgan fingerprint density at radius 2 is 1.69 bits per heavy atom. The number of benzene rings is 2. The fourth-order valence-electron chi connectivity index (χ4n) is 4.83. The van der Waals surface area contributed by atoms with Crippen LogP contribution in [0.25, 0.3) is 28.0 Å². The van der Waals surface area contributed by atoms with Gasteiger partial charge in [0, 0.05) is 30.4 Å². The second kappa shape index (κ2) is 9.02. The van der Waals surface area contributed by atoms with E-state index in [2.05, 4.69) is 23.7 Å². The third kappa shape index (κ3) is 4.44. The van der Waals surface area contributed by atoms with Gasteiger partial charge in [0.2, 0.25) is 0 Å². The van der Waals surface area contributed by atoms with E-state index in [1.807, 2.05) is 30.3 Å². The average Bonchev–Trinajstić information content (AvgIpc) is 3.27. The molecule has 1 saturated heterocycles. The summed E-state index contributed by atoms with van der Waals surface area (Å²) < 4.78 is 15.1. The number of aryl methyl sites for hydroxylation is 1. The Morgan fingerprint density at radius 3 is 2.36 bits per heavy atom. The lowest BCUT2D eigenvalue weighted by Crippen LogP contribution is -2.39. The molecule has 2 aromatic carbocycles. The van der Waals surface area contributed by atoms with Gasteiger partial charge in [-0.25, -0.2) is 14.2 Å². The SMILES string of the molecule is Cc1nc2cc(-c3cccc(-c4ccc(F)cc4)c3)nn2c(N2CCC(C)(C)CC2)c1[C@H](O)C(=O)O. The molecule has 0 amide bonds. The summed E-state index contributed by atoms with van der Waals surface area (Å²) >= 11 is 0. The maximum Gasteiger partial charge on any atom is 0.337 e. The number of aliphatic carboxylic acids is 1. The lowest BCUT2D eigenvalue weighted by atomic mass is 9.82. The molecule has 1 aliphatic rings. The molecule has 1 aliphatic heterocycles. The van der Waals surface area contributed by atoms with E-state index >= 15 is 0 Å². The van der Waals surface area contributed by atoms with Crippen molar-refractivity contribution in [2.75, 3.05) is 18.0 Å². The zero-order valence-corrected chi connectivity index (χ0v) is 20.6. The van der Waals surface area contributed by atoms with Crippen LogP contribution in [0.4, 0.5) is 10.2 Å². The molecule has 2 N–H and O–H groups in total. The summed E-state index contributed by atoms with van der Waals surface area (Å²) in [5, 5.41) is 25.1. The van der Waals surface area contributed by atoms with Crippen molar-refractivity contribution in [3.63, 3.8) is 0 Å². The van der Waals surface area contributed by atoms with Crippen LogP contribution >= 0.6 is 0 Å². The van der Waals surface area contributed by atoms with Crippen molar-refractivity contribution in [1.29, 1.82) is 0 Å². The van der Waals surface area contributed by atoms with Crippen LogP contribution < -0.4 is 4.90 Å². The van der Waals surface area contributed by atoms with Crippen LogP contribution in [0.15, 0.2) is 54.6 Å². The highest BCUT2D eigenvalue weighted by Gasteiger charge is 2.33. The second-order valence-corrected chi connectivity index (χ2v) is 10.2. The molecular formula is C28H29FN4O3. The largest absolute Gasteiger partial charge is 0.479 e. The van der Waals surface area contributed by atoms with Crippen molar-refractivity contribution in [2.24, 2.45) is 5.41 Å². The number of carboxylic acids is 1. The Labute approximate surface area is 208 Å². The summed E-state index contributed by atoms with van der Waals surface area (Å²) in [6.45, 7) is 7.62. The number of halogens is 1. The van der Waals surface area contributed by atoms with E-state index < -0.39 is 12.1 Å². The van der Waals surface area contributed by atoms with E-state index in [-0.39, 0.29) is 16.8 Å². The number of anilines is 1. The maximum atomic E-state index is 13.4. The Morgan fingerprint density at radius 1 is 1.03 bits per heavy atom. The number of aromatic nitrogens is 3. The lowest BCUT2D eigenvalue weighted by molar-refractivity contribution is -0.147. The molecule has 0 saturated carbocycles. The van der Waals surface area contributed by atoms with E-state index in [0.717, 1.165) is 42.6 Å². The lowest BCUT2D eigenvalue weighted by Gasteiger charge is -2.39. The first-order valence-corrected chi connectivity index (χ1v) is 12.1. The standard InChI is InChI=1S/C28H29FN4O3/c1-17-24(25(34)27(35)36)26(32-13-11-28(2,3)12-14-32)33-23(30-17)16-22(31-33)20-6-4-5-19(15-20)18-7-9-21(29)10-8-18/h4-10,15-16,25,34H,11-14H2,1-3H3,(H,35,36)/t25-/m0/s1. The number of carboxylic acid groups (broad SMARTS) is 1. The summed E-state index contributed by atoms with van der Waals surface area (Å²) in [5.74, 6) is -1.04. The molecule has 3 heterocycles. The van der Waals surface area contributed by atoms with Gasteiger partial charge in [-0.2, -0.15) is 9.61 Å². The molecule has 4 aromatic rings. The summed E-state index contributed by atoms with van der Waals surface area (Å²) in [6, 6.07) is 16.0. The number of aliphatic hydroxyl groups excluding tert-OH is 1. The number of carbonyl (C=O) groups is 1. The number of rotatable bonds is 5. The van der Waals surface area contributed by atoms with Crippen molar-refractivity contribution in [3.8, 4) is 22.4 Å². The predicted octanol–water partition coefficient (Wildman–Crippen LogP) is 5.26. The van der Waals surface area contributed by atoms with Crippen molar-refractivity contribution in [3.05, 3.63) is 71.7 Å². The molecule has 7 nitrogen and oxygen atoms in total. The van der Waals surface area contributed by atoms with Crippen molar-refractivity contribution in [2.45, 2.75) is 39.7 Å². The summed E-state index contributed by atoms with van der Waals surface area (Å²) in [4.78, 5) is 18.5. The Kier molecular flexibility index (Phi) is 6.00. The number of nitrogens with zero attached hydrogens (tertiary/aromatic N) is 4. The summed E-state index contributed by atoms with van der Waals surface area (Å²) in [5.41, 5.74) is 4.84. The van der Waals surface area contributed by atoms with Gasteiger partial charge in [-0.3, -0.25) is 0 Å². The Hall–Kier alpha value is -3.78. The van der Waals surface area contributed by atoms with Crippen LogP contribution in [-0.2, 0) is 4.79 Å². The molecule has 1 fully saturated rings. The van der Waals surface area contributed by atoms with Crippen molar-refractivity contribution < 1.29 is 19.4 Å². The second-order valence-electron chi connectivity index (χ2n) is 10.2. The first-order chi connectivity index (χ1) is 17.1. The minimum absolute atomic E-state index is 0.194. The average molecular weight is 489 g/mol. The molecule has 186 valence electrons. The van der Waals surface area contributed by atoms with Gasteiger partial charge in [-0.15, -0.1) is 0 Å². The minimum Gasteiger partial charge on any atom is -0.479 e. The monoisotopic (exact) mass is 488 g/mol. The van der Waals surface area contributed by atoms with Crippen molar-refractivity contribution in [1.82, 2.24) is 14.6 Å². The zero-order chi connectivity index (χ0) is 25.6. The third-order valence-electron chi connectivity index (χ3n) is 7.06. The van der Waals surface area contributed by atoms with Gasteiger partial charge in [-0.05, 0) is 54.5 Å². The van der Waals surface area contributed by atoms with Gasteiger partial charge in [-0.1, -0.05) is 44.2 Å². The van der Waals surface area contributed by atoms with Gasteiger partial charge in [0.1, 0.15) is 11.6 Å². The normalized spacial score (nSPS) is 16.3. The molecule has 0 radical (unpaired) electrons. The highest BCUT2D eigenvalue weighted by atomic mass is 19.1. The molecule has 2 aromatic heterocycles.